The zero-order valence-electron chi connectivity index (χ0n) is 17.3. The Bertz CT molecular complexity index is 973. The quantitative estimate of drug-likeness (QED) is 0.426. The number of methoxy groups -OCH3 is 1. The molecule has 0 aliphatic rings. The Morgan fingerprint density at radius 3 is 2.60 bits per heavy atom. The van der Waals surface area contributed by atoms with Crippen LogP contribution in [-0.2, 0) is 13.2 Å². The van der Waals surface area contributed by atoms with Crippen LogP contribution in [0.2, 0.25) is 5.02 Å². The number of halogens is 1. The first-order chi connectivity index (χ1) is 14.5. The van der Waals surface area contributed by atoms with Crippen molar-refractivity contribution in [2.24, 2.45) is 5.92 Å². The molecule has 1 heterocycles. The number of rotatable bonds is 9. The maximum atomic E-state index is 13.2. The fourth-order valence-electron chi connectivity index (χ4n) is 3.01. The second kappa shape index (κ2) is 10.5. The van der Waals surface area contributed by atoms with Gasteiger partial charge in [0, 0.05) is 16.9 Å². The lowest BCUT2D eigenvalue weighted by molar-refractivity contribution is 0.0717. The summed E-state index contributed by atoms with van der Waals surface area (Å²) >= 11 is 7.42. The third kappa shape index (κ3) is 5.97. The van der Waals surface area contributed by atoms with Gasteiger partial charge in [-0.2, -0.15) is 0 Å². The second-order valence-electron chi connectivity index (χ2n) is 7.25. The molecule has 0 unspecified atom stereocenters. The minimum absolute atomic E-state index is 0.0619. The summed E-state index contributed by atoms with van der Waals surface area (Å²) in [7, 11) is 1.58. The molecule has 0 aliphatic heterocycles. The summed E-state index contributed by atoms with van der Waals surface area (Å²) in [4.78, 5) is 19.7. The Morgan fingerprint density at radius 1 is 1.17 bits per heavy atom. The van der Waals surface area contributed by atoms with Gasteiger partial charge in [-0.05, 0) is 42.3 Å². The van der Waals surface area contributed by atoms with Gasteiger partial charge in [0.15, 0.2) is 0 Å². The highest BCUT2D eigenvalue weighted by Gasteiger charge is 2.21. The van der Waals surface area contributed by atoms with Crippen LogP contribution in [0.5, 0.6) is 11.5 Å². The lowest BCUT2D eigenvalue weighted by Gasteiger charge is -2.24. The van der Waals surface area contributed by atoms with Gasteiger partial charge < -0.3 is 14.4 Å². The fourth-order valence-corrected chi connectivity index (χ4v) is 3.83. The van der Waals surface area contributed by atoms with Gasteiger partial charge in [0.05, 0.1) is 24.9 Å². The molecule has 0 atom stereocenters. The van der Waals surface area contributed by atoms with E-state index >= 15 is 0 Å². The summed E-state index contributed by atoms with van der Waals surface area (Å²) in [6, 6.07) is 14.5. The summed E-state index contributed by atoms with van der Waals surface area (Å²) in [5, 5.41) is 3.50. The summed E-state index contributed by atoms with van der Waals surface area (Å²) in [6.07, 6.45) is 0. The molecular weight excluding hydrogens is 420 g/mol. The number of hydrogen-bond donors (Lipinski definition) is 0. The van der Waals surface area contributed by atoms with E-state index < -0.39 is 0 Å². The average molecular weight is 445 g/mol. The number of carbonyl (C=O) groups is 1. The van der Waals surface area contributed by atoms with Gasteiger partial charge in [0.1, 0.15) is 23.1 Å². The maximum absolute atomic E-state index is 13.2. The van der Waals surface area contributed by atoms with Crippen LogP contribution in [0.3, 0.4) is 0 Å². The molecule has 1 amide bonds. The van der Waals surface area contributed by atoms with Crippen molar-refractivity contribution in [2.75, 3.05) is 13.7 Å². The minimum Gasteiger partial charge on any atom is -0.496 e. The van der Waals surface area contributed by atoms with Crippen molar-refractivity contribution in [3.05, 3.63) is 75.2 Å². The summed E-state index contributed by atoms with van der Waals surface area (Å²) in [6.45, 7) is 5.62. The number of hydrogen-bond acceptors (Lipinski definition) is 5. The van der Waals surface area contributed by atoms with Gasteiger partial charge in [0.2, 0.25) is 0 Å². The van der Waals surface area contributed by atoms with Crippen molar-refractivity contribution < 1.29 is 14.3 Å². The fraction of sp³-hybridized carbons (Fsp3) is 0.304. The van der Waals surface area contributed by atoms with Crippen molar-refractivity contribution >= 4 is 28.8 Å². The van der Waals surface area contributed by atoms with Crippen molar-refractivity contribution in [1.29, 1.82) is 0 Å². The molecule has 0 saturated heterocycles. The highest BCUT2D eigenvalue weighted by atomic mass is 35.5. The van der Waals surface area contributed by atoms with Gasteiger partial charge >= 0.3 is 0 Å². The van der Waals surface area contributed by atoms with Gasteiger partial charge in [0.25, 0.3) is 5.91 Å². The second-order valence-corrected chi connectivity index (χ2v) is 8.63. The normalized spacial score (nSPS) is 10.8. The number of para-hydroxylation sites is 1. The molecule has 1 aromatic heterocycles. The largest absolute Gasteiger partial charge is 0.496 e. The van der Waals surface area contributed by atoms with E-state index in [2.05, 4.69) is 18.8 Å². The number of aromatic nitrogens is 1. The van der Waals surface area contributed by atoms with Crippen LogP contribution in [0.25, 0.3) is 0 Å². The molecule has 158 valence electrons. The standard InChI is InChI=1S/C23H25ClN2O3S/c1-16(2)12-26(23(27)20-6-4-5-7-21(20)28-3)13-18-15-30-22(25-18)14-29-19-10-8-17(24)9-11-19/h4-11,15-16H,12-14H2,1-3H3. The van der Waals surface area contributed by atoms with Crippen molar-refractivity contribution in [3.63, 3.8) is 0 Å². The van der Waals surface area contributed by atoms with E-state index in [4.69, 9.17) is 21.1 Å². The lowest BCUT2D eigenvalue weighted by atomic mass is 10.1. The lowest BCUT2D eigenvalue weighted by Crippen LogP contribution is -2.34. The van der Waals surface area contributed by atoms with Gasteiger partial charge in [-0.3, -0.25) is 4.79 Å². The Labute approximate surface area is 186 Å². The zero-order valence-corrected chi connectivity index (χ0v) is 18.9. The van der Waals surface area contributed by atoms with Gasteiger partial charge in [-0.15, -0.1) is 11.3 Å². The molecule has 30 heavy (non-hydrogen) atoms. The van der Waals surface area contributed by atoms with Crippen LogP contribution in [-0.4, -0.2) is 29.4 Å². The molecule has 3 aromatic rings. The molecular formula is C23H25ClN2O3S. The molecule has 3 rings (SSSR count). The molecule has 0 saturated carbocycles. The van der Waals surface area contributed by atoms with Crippen LogP contribution < -0.4 is 9.47 Å². The molecule has 0 fully saturated rings. The van der Waals surface area contributed by atoms with E-state index in [0.717, 1.165) is 16.5 Å². The van der Waals surface area contributed by atoms with E-state index in [0.29, 0.717) is 41.9 Å². The molecule has 0 bridgehead atoms. The van der Waals surface area contributed by atoms with Crippen LogP contribution in [0, 0.1) is 5.92 Å². The Kier molecular flexibility index (Phi) is 7.71. The number of thiazole rings is 1. The van der Waals surface area contributed by atoms with E-state index in [9.17, 15) is 4.79 Å². The number of ether oxygens (including phenoxy) is 2. The third-order valence-corrected chi connectivity index (χ3v) is 5.46. The summed E-state index contributed by atoms with van der Waals surface area (Å²) in [5.41, 5.74) is 1.40. The first-order valence-corrected chi connectivity index (χ1v) is 11.0. The summed E-state index contributed by atoms with van der Waals surface area (Å²) < 4.78 is 11.1. The van der Waals surface area contributed by atoms with E-state index in [1.165, 1.54) is 11.3 Å². The topological polar surface area (TPSA) is 51.7 Å². The molecule has 0 spiro atoms. The van der Waals surface area contributed by atoms with Gasteiger partial charge in [-0.25, -0.2) is 4.98 Å². The predicted molar refractivity (Wildman–Crippen MR) is 120 cm³/mol. The first kappa shape index (κ1) is 22.1. The molecule has 2 aromatic carbocycles. The van der Waals surface area contributed by atoms with E-state index in [1.54, 1.807) is 31.4 Å². The van der Waals surface area contributed by atoms with E-state index in [-0.39, 0.29) is 5.91 Å². The van der Waals surface area contributed by atoms with Crippen molar-refractivity contribution in [3.8, 4) is 11.5 Å². The smallest absolute Gasteiger partial charge is 0.257 e. The van der Waals surface area contributed by atoms with Crippen LogP contribution in [0.1, 0.15) is 34.9 Å². The Morgan fingerprint density at radius 2 is 1.90 bits per heavy atom. The highest BCUT2D eigenvalue weighted by molar-refractivity contribution is 7.09. The van der Waals surface area contributed by atoms with Crippen LogP contribution in [0.15, 0.2) is 53.9 Å². The predicted octanol–water partition coefficient (Wildman–Crippen LogP) is 5.68. The first-order valence-electron chi connectivity index (χ1n) is 9.70. The number of carbonyl (C=O) groups excluding carboxylic acids is 1. The molecule has 0 radical (unpaired) electrons. The van der Waals surface area contributed by atoms with E-state index in [1.807, 2.05) is 34.5 Å². The number of amides is 1. The van der Waals surface area contributed by atoms with Crippen molar-refractivity contribution in [2.45, 2.75) is 27.0 Å². The summed E-state index contributed by atoms with van der Waals surface area (Å²) in [5.74, 6) is 1.58. The van der Waals surface area contributed by atoms with Gasteiger partial charge in [-0.1, -0.05) is 37.6 Å². The molecule has 5 nitrogen and oxygen atoms in total. The number of benzene rings is 2. The average Bonchev–Trinajstić information content (AvgIpc) is 3.19. The van der Waals surface area contributed by atoms with Crippen LogP contribution >= 0.6 is 22.9 Å². The number of nitrogens with zero attached hydrogens (tertiary/aromatic N) is 2. The molecule has 7 heteroatoms. The Balaban J connectivity index is 1.69. The molecule has 0 aliphatic carbocycles. The van der Waals surface area contributed by atoms with Crippen molar-refractivity contribution in [1.82, 2.24) is 9.88 Å². The minimum atomic E-state index is -0.0619. The zero-order chi connectivity index (χ0) is 21.5. The monoisotopic (exact) mass is 444 g/mol. The molecule has 0 N–H and O–H groups in total. The third-order valence-electron chi connectivity index (χ3n) is 4.34. The van der Waals surface area contributed by atoms with Crippen LogP contribution in [0.4, 0.5) is 0 Å². The maximum Gasteiger partial charge on any atom is 0.257 e. The Hall–Kier alpha value is -2.57. The SMILES string of the molecule is COc1ccccc1C(=O)N(Cc1csc(COc2ccc(Cl)cc2)n1)CC(C)C. The highest BCUT2D eigenvalue weighted by Crippen LogP contribution is 2.22.